The molecule has 3 rings (SSSR count). The summed E-state index contributed by atoms with van der Waals surface area (Å²) >= 11 is 0. The third-order valence-electron chi connectivity index (χ3n) is 4.45. The lowest BCUT2D eigenvalue weighted by Crippen LogP contribution is -2.41. The molecule has 0 saturated heterocycles. The summed E-state index contributed by atoms with van der Waals surface area (Å²) in [5, 5.41) is 12.7. The molecule has 0 fully saturated rings. The lowest BCUT2D eigenvalue weighted by molar-refractivity contribution is 0.0774. The fourth-order valence-electron chi connectivity index (χ4n) is 3.12. The van der Waals surface area contributed by atoms with Crippen LogP contribution in [-0.4, -0.2) is 37.3 Å². The monoisotopic (exact) mass is 340 g/mol. The quantitative estimate of drug-likeness (QED) is 0.690. The van der Waals surface area contributed by atoms with Crippen molar-refractivity contribution in [1.29, 1.82) is 0 Å². The molecule has 0 spiro atoms. The molecule has 0 aliphatic rings. The van der Waals surface area contributed by atoms with Crippen LogP contribution >= 0.6 is 0 Å². The van der Waals surface area contributed by atoms with Gasteiger partial charge in [-0.15, -0.1) is 0 Å². The maximum Gasteiger partial charge on any atom is 0.272 e. The number of hydrogen-bond donors (Lipinski definition) is 2. The number of fused-ring (bicyclic) bond motifs is 1. The Bertz CT molecular complexity index is 870. The molecule has 3 aromatic rings. The van der Waals surface area contributed by atoms with Gasteiger partial charge in [0, 0.05) is 37.5 Å². The van der Waals surface area contributed by atoms with E-state index >= 15 is 0 Å². The second kappa shape index (κ2) is 7.63. The Hall–Kier alpha value is -2.44. The third kappa shape index (κ3) is 3.97. The average Bonchev–Trinajstić information content (AvgIpc) is 3.05. The Morgan fingerprint density at radius 2 is 1.96 bits per heavy atom. The fraction of sp³-hybridized carbons (Fsp3) is 0.368. The molecule has 2 N–H and O–H groups in total. The number of aromatic amines is 1. The SMILES string of the molecule is CC(C)[C@@H](CO)N(Cc1ccccc1)Cc1cc(=O)n2[nH]ccc2n1. The number of hydrogen-bond acceptors (Lipinski definition) is 4. The van der Waals surface area contributed by atoms with Gasteiger partial charge in [0.2, 0.25) is 0 Å². The van der Waals surface area contributed by atoms with Crippen LogP contribution in [0, 0.1) is 5.92 Å². The summed E-state index contributed by atoms with van der Waals surface area (Å²) in [4.78, 5) is 18.9. The predicted molar refractivity (Wildman–Crippen MR) is 97.2 cm³/mol. The Morgan fingerprint density at radius 3 is 2.64 bits per heavy atom. The van der Waals surface area contributed by atoms with Crippen LogP contribution in [0.2, 0.25) is 0 Å². The minimum Gasteiger partial charge on any atom is -0.395 e. The summed E-state index contributed by atoms with van der Waals surface area (Å²) in [5.41, 5.74) is 2.35. The first-order chi connectivity index (χ1) is 12.1. The van der Waals surface area contributed by atoms with Crippen LogP contribution in [0.3, 0.4) is 0 Å². The van der Waals surface area contributed by atoms with Gasteiger partial charge in [-0.2, -0.15) is 0 Å². The van der Waals surface area contributed by atoms with Gasteiger partial charge < -0.3 is 5.11 Å². The van der Waals surface area contributed by atoms with Gasteiger partial charge in [-0.25, -0.2) is 9.50 Å². The van der Waals surface area contributed by atoms with Crippen molar-refractivity contribution in [2.24, 2.45) is 5.92 Å². The molecular weight excluding hydrogens is 316 g/mol. The zero-order chi connectivity index (χ0) is 17.8. The highest BCUT2D eigenvalue weighted by Gasteiger charge is 2.22. The van der Waals surface area contributed by atoms with Crippen LogP contribution in [-0.2, 0) is 13.1 Å². The van der Waals surface area contributed by atoms with Gasteiger partial charge in [0.05, 0.1) is 12.3 Å². The van der Waals surface area contributed by atoms with Gasteiger partial charge in [-0.1, -0.05) is 44.2 Å². The van der Waals surface area contributed by atoms with Crippen LogP contribution in [0.1, 0.15) is 25.1 Å². The molecule has 0 amide bonds. The first-order valence-electron chi connectivity index (χ1n) is 8.53. The topological polar surface area (TPSA) is 73.6 Å². The number of rotatable bonds is 7. The average molecular weight is 340 g/mol. The zero-order valence-corrected chi connectivity index (χ0v) is 14.6. The third-order valence-corrected chi connectivity index (χ3v) is 4.45. The maximum atomic E-state index is 12.2. The number of aliphatic hydroxyl groups excluding tert-OH is 1. The number of aliphatic hydroxyl groups is 1. The van der Waals surface area contributed by atoms with Crippen molar-refractivity contribution in [3.8, 4) is 0 Å². The first kappa shape index (κ1) is 17.4. The molecule has 1 aromatic carbocycles. The van der Waals surface area contributed by atoms with E-state index in [1.807, 2.05) is 18.2 Å². The predicted octanol–water partition coefficient (Wildman–Crippen LogP) is 2.04. The Balaban J connectivity index is 1.91. The minimum absolute atomic E-state index is 0.00770. The van der Waals surface area contributed by atoms with Crippen molar-refractivity contribution in [2.45, 2.75) is 33.0 Å². The molecule has 0 saturated carbocycles. The van der Waals surface area contributed by atoms with E-state index in [4.69, 9.17) is 0 Å². The van der Waals surface area contributed by atoms with Gasteiger partial charge in [-0.3, -0.25) is 14.8 Å². The van der Waals surface area contributed by atoms with Gasteiger partial charge in [-0.05, 0) is 11.5 Å². The van der Waals surface area contributed by atoms with Crippen molar-refractivity contribution in [2.75, 3.05) is 6.61 Å². The molecule has 0 radical (unpaired) electrons. The molecule has 1 atom stereocenters. The molecule has 0 unspecified atom stereocenters. The number of benzene rings is 1. The van der Waals surface area contributed by atoms with Crippen molar-refractivity contribution < 1.29 is 5.11 Å². The maximum absolute atomic E-state index is 12.2. The largest absolute Gasteiger partial charge is 0.395 e. The molecule has 6 nitrogen and oxygen atoms in total. The minimum atomic E-state index is -0.130. The van der Waals surface area contributed by atoms with Crippen LogP contribution in [0.4, 0.5) is 0 Å². The lowest BCUT2D eigenvalue weighted by Gasteiger charge is -2.33. The Labute approximate surface area is 146 Å². The van der Waals surface area contributed by atoms with Crippen molar-refractivity contribution in [3.63, 3.8) is 0 Å². The first-order valence-corrected chi connectivity index (χ1v) is 8.53. The Morgan fingerprint density at radius 1 is 1.20 bits per heavy atom. The van der Waals surface area contributed by atoms with Gasteiger partial charge in [0.15, 0.2) is 5.65 Å². The highest BCUT2D eigenvalue weighted by atomic mass is 16.3. The van der Waals surface area contributed by atoms with Crippen LogP contribution in [0.5, 0.6) is 0 Å². The van der Waals surface area contributed by atoms with Crippen LogP contribution in [0.15, 0.2) is 53.5 Å². The molecule has 2 aromatic heterocycles. The summed E-state index contributed by atoms with van der Waals surface area (Å²) < 4.78 is 1.41. The van der Waals surface area contributed by atoms with E-state index < -0.39 is 0 Å². The molecule has 132 valence electrons. The summed E-state index contributed by atoms with van der Waals surface area (Å²) in [6, 6.07) is 13.5. The number of H-pyrrole nitrogens is 1. The van der Waals surface area contributed by atoms with Gasteiger partial charge in [0.25, 0.3) is 5.56 Å². The molecule has 0 aliphatic heterocycles. The van der Waals surface area contributed by atoms with Crippen molar-refractivity contribution >= 4 is 5.65 Å². The second-order valence-corrected chi connectivity index (χ2v) is 6.63. The molecule has 6 heteroatoms. The highest BCUT2D eigenvalue weighted by molar-refractivity contribution is 5.36. The van der Waals surface area contributed by atoms with Crippen molar-refractivity contribution in [1.82, 2.24) is 19.5 Å². The molecule has 25 heavy (non-hydrogen) atoms. The molecule has 0 aliphatic carbocycles. The van der Waals surface area contributed by atoms with E-state index in [0.29, 0.717) is 24.4 Å². The molecule has 2 heterocycles. The van der Waals surface area contributed by atoms with Crippen LogP contribution < -0.4 is 5.56 Å². The molecular formula is C19H24N4O2. The summed E-state index contributed by atoms with van der Waals surface area (Å²) in [6.45, 7) is 5.45. The summed E-state index contributed by atoms with van der Waals surface area (Å²) in [7, 11) is 0. The summed E-state index contributed by atoms with van der Waals surface area (Å²) in [6.07, 6.45) is 1.69. The van der Waals surface area contributed by atoms with E-state index in [1.165, 1.54) is 10.1 Å². The van der Waals surface area contributed by atoms with Crippen LogP contribution in [0.25, 0.3) is 5.65 Å². The van der Waals surface area contributed by atoms with E-state index in [9.17, 15) is 9.90 Å². The van der Waals surface area contributed by atoms with Gasteiger partial charge >= 0.3 is 0 Å². The number of nitrogens with one attached hydrogen (secondary N) is 1. The zero-order valence-electron chi connectivity index (χ0n) is 14.6. The standard InChI is InChI=1S/C19H24N4O2/c1-14(2)17(13-24)22(11-15-6-4-3-5-7-15)12-16-10-19(25)23-18(21-16)8-9-20-23/h3-10,14,17,20,24H,11-13H2,1-2H3/t17-/m1/s1. The van der Waals surface area contributed by atoms with E-state index in [0.717, 1.165) is 0 Å². The number of aromatic nitrogens is 3. The Kier molecular flexibility index (Phi) is 5.31. The van der Waals surface area contributed by atoms with E-state index in [-0.39, 0.29) is 24.1 Å². The smallest absolute Gasteiger partial charge is 0.272 e. The van der Waals surface area contributed by atoms with E-state index in [1.54, 1.807) is 18.3 Å². The second-order valence-electron chi connectivity index (χ2n) is 6.63. The normalized spacial score (nSPS) is 13.0. The van der Waals surface area contributed by atoms with E-state index in [2.05, 4.69) is 41.0 Å². The molecule has 0 bridgehead atoms. The lowest BCUT2D eigenvalue weighted by atomic mass is 10.0. The fourth-order valence-corrected chi connectivity index (χ4v) is 3.12. The van der Waals surface area contributed by atoms with Crippen molar-refractivity contribution in [3.05, 3.63) is 70.3 Å². The van der Waals surface area contributed by atoms with Gasteiger partial charge in [0.1, 0.15) is 0 Å². The number of nitrogens with zero attached hydrogens (tertiary/aromatic N) is 3. The summed E-state index contributed by atoms with van der Waals surface area (Å²) in [5.74, 6) is 0.283. The highest BCUT2D eigenvalue weighted by Crippen LogP contribution is 2.17.